The van der Waals surface area contributed by atoms with Crippen LogP contribution in [0.5, 0.6) is 0 Å². The predicted octanol–water partition coefficient (Wildman–Crippen LogP) is 15.1. The lowest BCUT2D eigenvalue weighted by atomic mass is 9.97. The summed E-state index contributed by atoms with van der Waals surface area (Å²) >= 11 is 1.90. The minimum Gasteiger partial charge on any atom is -0.455 e. The minimum atomic E-state index is 0.919. The molecule has 11 rings (SSSR count). The second-order valence-corrected chi connectivity index (χ2v) is 14.6. The van der Waals surface area contributed by atoms with E-state index in [2.05, 4.69) is 181 Å². The van der Waals surface area contributed by atoms with Crippen LogP contribution < -0.4 is 4.90 Å². The second kappa shape index (κ2) is 11.9. The fourth-order valence-electron chi connectivity index (χ4n) is 8.21. The van der Waals surface area contributed by atoms with Gasteiger partial charge in [-0.25, -0.2) is 0 Å². The van der Waals surface area contributed by atoms with E-state index in [4.69, 9.17) is 4.42 Å². The van der Waals surface area contributed by atoms with Crippen LogP contribution in [0.1, 0.15) is 0 Å². The molecule has 9 aromatic carbocycles. The number of para-hydroxylation sites is 3. The number of fused-ring (bicyclic) bond motifs is 9. The van der Waals surface area contributed by atoms with Crippen LogP contribution in [0.4, 0.5) is 17.1 Å². The van der Waals surface area contributed by atoms with Gasteiger partial charge < -0.3 is 9.32 Å². The first-order chi connectivity index (χ1) is 26.3. The van der Waals surface area contributed by atoms with Crippen LogP contribution >= 0.6 is 11.3 Å². The zero-order chi connectivity index (χ0) is 34.9. The number of hydrogen-bond donors (Lipinski definition) is 0. The molecular formula is C50H31NOS. The Morgan fingerprint density at radius 2 is 0.962 bits per heavy atom. The Kier molecular flexibility index (Phi) is 6.76. The molecule has 0 unspecified atom stereocenters. The summed E-state index contributed by atoms with van der Waals surface area (Å²) in [6.45, 7) is 0. The van der Waals surface area contributed by atoms with Gasteiger partial charge in [0.2, 0.25) is 0 Å². The number of hydrogen-bond acceptors (Lipinski definition) is 3. The maximum Gasteiger partial charge on any atom is 0.143 e. The zero-order valence-corrected chi connectivity index (χ0v) is 29.5. The van der Waals surface area contributed by atoms with E-state index in [0.717, 1.165) is 44.4 Å². The second-order valence-electron chi connectivity index (χ2n) is 13.6. The van der Waals surface area contributed by atoms with Gasteiger partial charge in [0.25, 0.3) is 0 Å². The summed E-state index contributed by atoms with van der Waals surface area (Å²) in [5.74, 6) is 0. The first kappa shape index (κ1) is 30.0. The van der Waals surface area contributed by atoms with Crippen molar-refractivity contribution in [3.05, 3.63) is 188 Å². The van der Waals surface area contributed by atoms with Crippen LogP contribution in [-0.2, 0) is 0 Å². The molecule has 0 saturated heterocycles. The molecule has 248 valence electrons. The van der Waals surface area contributed by atoms with Crippen molar-refractivity contribution in [3.8, 4) is 22.3 Å². The lowest BCUT2D eigenvalue weighted by molar-refractivity contribution is 0.670. The number of furan rings is 1. The van der Waals surface area contributed by atoms with Crippen LogP contribution in [0.3, 0.4) is 0 Å². The van der Waals surface area contributed by atoms with Crippen molar-refractivity contribution < 1.29 is 4.42 Å². The number of benzene rings is 9. The highest BCUT2D eigenvalue weighted by Gasteiger charge is 2.21. The first-order valence-electron chi connectivity index (χ1n) is 18.0. The van der Waals surface area contributed by atoms with Gasteiger partial charge in [0.1, 0.15) is 11.2 Å². The predicted molar refractivity (Wildman–Crippen MR) is 227 cm³/mol. The highest BCUT2D eigenvalue weighted by Crippen LogP contribution is 2.49. The smallest absolute Gasteiger partial charge is 0.143 e. The summed E-state index contributed by atoms with van der Waals surface area (Å²) < 4.78 is 8.99. The van der Waals surface area contributed by atoms with Crippen molar-refractivity contribution in [1.82, 2.24) is 0 Å². The molecule has 0 aliphatic rings. The number of rotatable bonds is 5. The summed E-state index contributed by atoms with van der Waals surface area (Å²) in [5.41, 5.74) is 10.0. The van der Waals surface area contributed by atoms with E-state index in [9.17, 15) is 0 Å². The van der Waals surface area contributed by atoms with Crippen LogP contribution in [0, 0.1) is 0 Å². The molecule has 0 N–H and O–H groups in total. The van der Waals surface area contributed by atoms with Crippen molar-refractivity contribution in [2.24, 2.45) is 0 Å². The van der Waals surface area contributed by atoms with E-state index in [1.54, 1.807) is 0 Å². The Morgan fingerprint density at radius 1 is 0.377 bits per heavy atom. The third kappa shape index (κ3) is 4.71. The van der Waals surface area contributed by atoms with E-state index in [0.29, 0.717) is 0 Å². The normalized spacial score (nSPS) is 11.8. The molecule has 11 aromatic rings. The Morgan fingerprint density at radius 3 is 1.79 bits per heavy atom. The van der Waals surface area contributed by atoms with Crippen molar-refractivity contribution in [3.63, 3.8) is 0 Å². The highest BCUT2D eigenvalue weighted by atomic mass is 32.1. The fraction of sp³-hybridized carbons (Fsp3) is 0. The largest absolute Gasteiger partial charge is 0.455 e. The summed E-state index contributed by atoms with van der Waals surface area (Å²) in [4.78, 5) is 2.44. The van der Waals surface area contributed by atoms with E-state index < -0.39 is 0 Å². The molecule has 0 saturated carbocycles. The number of nitrogens with zero attached hydrogens (tertiary/aromatic N) is 1. The third-order valence-electron chi connectivity index (χ3n) is 10.7. The molecule has 2 heterocycles. The average molecular weight is 694 g/mol. The van der Waals surface area contributed by atoms with Crippen LogP contribution in [0.25, 0.3) is 85.9 Å². The maximum absolute atomic E-state index is 6.38. The molecule has 0 bridgehead atoms. The Balaban J connectivity index is 1.10. The average Bonchev–Trinajstić information content (AvgIpc) is 3.81. The van der Waals surface area contributed by atoms with Crippen molar-refractivity contribution in [2.45, 2.75) is 0 Å². The molecule has 2 nitrogen and oxygen atoms in total. The van der Waals surface area contributed by atoms with E-state index in [1.165, 1.54) is 58.5 Å². The van der Waals surface area contributed by atoms with E-state index in [-0.39, 0.29) is 0 Å². The molecule has 0 aliphatic carbocycles. The number of thiophene rings is 1. The molecule has 0 aliphatic heterocycles. The van der Waals surface area contributed by atoms with Gasteiger partial charge in [-0.15, -0.1) is 11.3 Å². The zero-order valence-electron chi connectivity index (χ0n) is 28.7. The molecule has 2 aromatic heterocycles. The van der Waals surface area contributed by atoms with E-state index in [1.807, 2.05) is 23.5 Å². The van der Waals surface area contributed by atoms with Crippen LogP contribution in [0.15, 0.2) is 192 Å². The van der Waals surface area contributed by atoms with Gasteiger partial charge >= 0.3 is 0 Å². The van der Waals surface area contributed by atoms with Gasteiger partial charge in [0.05, 0.1) is 11.4 Å². The molecule has 0 atom stereocenters. The Hall–Kier alpha value is -6.68. The van der Waals surface area contributed by atoms with Gasteiger partial charge in [-0.1, -0.05) is 158 Å². The first-order valence-corrected chi connectivity index (χ1v) is 18.8. The molecular weight excluding hydrogens is 663 g/mol. The number of anilines is 3. The third-order valence-corrected chi connectivity index (χ3v) is 11.9. The fourth-order valence-corrected chi connectivity index (χ4v) is 9.56. The van der Waals surface area contributed by atoms with Gasteiger partial charge in [-0.2, -0.15) is 0 Å². The standard InChI is InChI=1S/C50H31NOS/c1-2-15-35(16-3-1)51(45-25-10-14-32-13-4-5-17-36(32)45)46-31-44-43-24-12-22-38(49(43)53-50(44)42-20-7-6-18-39(42)46)34-29-27-33(28-30-34)37-21-11-23-41-40-19-8-9-26-47(40)52-48(37)41/h1-31H. The summed E-state index contributed by atoms with van der Waals surface area (Å²) in [5, 5.41) is 9.79. The molecule has 0 spiro atoms. The molecule has 3 heteroatoms. The highest BCUT2D eigenvalue weighted by molar-refractivity contribution is 7.27. The summed E-state index contributed by atoms with van der Waals surface area (Å²) in [7, 11) is 0. The van der Waals surface area contributed by atoms with Gasteiger partial charge in [0.15, 0.2) is 0 Å². The Labute approximate surface area is 310 Å². The quantitative estimate of drug-likeness (QED) is 0.178. The molecule has 0 fully saturated rings. The minimum absolute atomic E-state index is 0.919. The van der Waals surface area contributed by atoms with Crippen molar-refractivity contribution in [2.75, 3.05) is 4.90 Å². The monoisotopic (exact) mass is 693 g/mol. The lowest BCUT2D eigenvalue weighted by Gasteiger charge is -2.28. The van der Waals surface area contributed by atoms with Crippen LogP contribution in [-0.4, -0.2) is 0 Å². The van der Waals surface area contributed by atoms with Gasteiger partial charge in [-0.05, 0) is 52.4 Å². The van der Waals surface area contributed by atoms with Crippen LogP contribution in [0.2, 0.25) is 0 Å². The molecule has 53 heavy (non-hydrogen) atoms. The SMILES string of the molecule is c1ccc(N(c2cccc3ccccc23)c2cc3c4cccc(-c5ccc(-c6cccc7c6oc6ccccc67)cc5)c4sc3c3ccccc23)cc1. The maximum atomic E-state index is 6.38. The topological polar surface area (TPSA) is 16.4 Å². The van der Waals surface area contributed by atoms with Gasteiger partial charge in [-0.3, -0.25) is 0 Å². The van der Waals surface area contributed by atoms with Crippen molar-refractivity contribution in [1.29, 1.82) is 0 Å². The van der Waals surface area contributed by atoms with Crippen molar-refractivity contribution >= 4 is 92.1 Å². The summed E-state index contributed by atoms with van der Waals surface area (Å²) in [6.07, 6.45) is 0. The van der Waals surface area contributed by atoms with E-state index >= 15 is 0 Å². The summed E-state index contributed by atoms with van der Waals surface area (Å²) in [6, 6.07) is 67.9. The lowest BCUT2D eigenvalue weighted by Crippen LogP contribution is -2.11. The Bertz CT molecular complexity index is 3170. The molecule has 0 radical (unpaired) electrons. The molecule has 0 amide bonds. The van der Waals surface area contributed by atoms with Gasteiger partial charge in [0, 0.05) is 58.4 Å².